The molecular formula is C20H16F2N2O. The van der Waals surface area contributed by atoms with E-state index in [0.717, 1.165) is 0 Å². The van der Waals surface area contributed by atoms with Crippen LogP contribution < -0.4 is 5.73 Å². The Hall–Kier alpha value is -3.21. The predicted molar refractivity (Wildman–Crippen MR) is 92.5 cm³/mol. The van der Waals surface area contributed by atoms with Crippen molar-refractivity contribution in [2.24, 2.45) is 10.9 Å². The fraction of sp³-hybridized carbons (Fsp3) is 0.0500. The Morgan fingerprint density at radius 1 is 0.720 bits per heavy atom. The first kappa shape index (κ1) is 16.6. The first-order chi connectivity index (χ1) is 12.1. The van der Waals surface area contributed by atoms with E-state index in [1.807, 2.05) is 30.3 Å². The third-order valence-electron chi connectivity index (χ3n) is 4.25. The van der Waals surface area contributed by atoms with Crippen molar-refractivity contribution in [3.63, 3.8) is 0 Å². The van der Waals surface area contributed by atoms with Crippen LogP contribution in [0.1, 0.15) is 16.7 Å². The molecule has 0 atom stereocenters. The fourth-order valence-electron chi connectivity index (χ4n) is 3.11. The van der Waals surface area contributed by atoms with Crippen LogP contribution >= 0.6 is 0 Å². The molecule has 3 nitrogen and oxygen atoms in total. The second-order valence-electron chi connectivity index (χ2n) is 5.62. The summed E-state index contributed by atoms with van der Waals surface area (Å²) in [6, 6.07) is 20.7. The van der Waals surface area contributed by atoms with Gasteiger partial charge in [0.2, 0.25) is 0 Å². The van der Waals surface area contributed by atoms with Crippen LogP contribution in [0.25, 0.3) is 0 Å². The highest BCUT2D eigenvalue weighted by atomic mass is 19.1. The quantitative estimate of drug-likeness (QED) is 0.248. The topological polar surface area (TPSA) is 58.6 Å². The summed E-state index contributed by atoms with van der Waals surface area (Å²) in [6.07, 6.45) is 0. The van der Waals surface area contributed by atoms with Crippen molar-refractivity contribution in [1.82, 2.24) is 0 Å². The molecule has 3 rings (SSSR count). The molecule has 0 heterocycles. The minimum atomic E-state index is -1.18. The number of oxime groups is 1. The van der Waals surface area contributed by atoms with Gasteiger partial charge in [-0.05, 0) is 41.0 Å². The van der Waals surface area contributed by atoms with Crippen molar-refractivity contribution in [2.45, 2.75) is 5.41 Å². The summed E-state index contributed by atoms with van der Waals surface area (Å²) in [5.74, 6) is -0.898. The number of nitrogens with zero attached hydrogens (tertiary/aromatic N) is 1. The van der Waals surface area contributed by atoms with Gasteiger partial charge in [0.15, 0.2) is 5.84 Å². The van der Waals surface area contributed by atoms with E-state index in [1.54, 1.807) is 24.3 Å². The van der Waals surface area contributed by atoms with Gasteiger partial charge < -0.3 is 10.9 Å². The zero-order valence-corrected chi connectivity index (χ0v) is 13.2. The minimum absolute atomic E-state index is 0.100. The largest absolute Gasteiger partial charge is 0.409 e. The van der Waals surface area contributed by atoms with Crippen LogP contribution in [-0.4, -0.2) is 11.0 Å². The Morgan fingerprint density at radius 2 is 1.12 bits per heavy atom. The Kier molecular flexibility index (Phi) is 4.48. The van der Waals surface area contributed by atoms with Crippen LogP contribution in [0.3, 0.4) is 0 Å². The van der Waals surface area contributed by atoms with E-state index in [1.165, 1.54) is 24.3 Å². The maximum Gasteiger partial charge on any atom is 0.158 e. The molecule has 0 bridgehead atoms. The van der Waals surface area contributed by atoms with E-state index in [9.17, 15) is 14.0 Å². The van der Waals surface area contributed by atoms with Crippen LogP contribution in [0, 0.1) is 11.6 Å². The minimum Gasteiger partial charge on any atom is -0.409 e. The van der Waals surface area contributed by atoms with Gasteiger partial charge in [0, 0.05) is 0 Å². The smallest absolute Gasteiger partial charge is 0.158 e. The van der Waals surface area contributed by atoms with Gasteiger partial charge in [-0.1, -0.05) is 59.8 Å². The Labute approximate surface area is 144 Å². The van der Waals surface area contributed by atoms with Gasteiger partial charge in [-0.3, -0.25) is 0 Å². The molecule has 126 valence electrons. The van der Waals surface area contributed by atoms with Gasteiger partial charge in [0.1, 0.15) is 17.0 Å². The van der Waals surface area contributed by atoms with Gasteiger partial charge >= 0.3 is 0 Å². The van der Waals surface area contributed by atoms with Crippen molar-refractivity contribution in [2.75, 3.05) is 0 Å². The van der Waals surface area contributed by atoms with Crippen LogP contribution in [0.4, 0.5) is 8.78 Å². The van der Waals surface area contributed by atoms with Gasteiger partial charge in [0.05, 0.1) is 0 Å². The highest BCUT2D eigenvalue weighted by Crippen LogP contribution is 2.39. The molecule has 0 aliphatic rings. The third kappa shape index (κ3) is 2.85. The molecule has 0 amide bonds. The Balaban J connectivity index is 2.39. The van der Waals surface area contributed by atoms with Gasteiger partial charge in [-0.25, -0.2) is 8.78 Å². The third-order valence-corrected chi connectivity index (χ3v) is 4.25. The number of halogens is 2. The van der Waals surface area contributed by atoms with E-state index >= 15 is 0 Å². The summed E-state index contributed by atoms with van der Waals surface area (Å²) < 4.78 is 26.9. The monoisotopic (exact) mass is 338 g/mol. The molecule has 0 unspecified atom stereocenters. The molecule has 0 radical (unpaired) electrons. The second kappa shape index (κ2) is 6.73. The molecule has 25 heavy (non-hydrogen) atoms. The number of rotatable bonds is 4. The summed E-state index contributed by atoms with van der Waals surface area (Å²) >= 11 is 0. The first-order valence-corrected chi connectivity index (χ1v) is 7.64. The molecule has 3 aromatic rings. The van der Waals surface area contributed by atoms with Crippen LogP contribution in [0.15, 0.2) is 84.0 Å². The Bertz CT molecular complexity index is 830. The van der Waals surface area contributed by atoms with Gasteiger partial charge in [-0.15, -0.1) is 0 Å². The lowest BCUT2D eigenvalue weighted by atomic mass is 9.68. The maximum absolute atomic E-state index is 13.5. The molecule has 0 aliphatic heterocycles. The summed E-state index contributed by atoms with van der Waals surface area (Å²) in [4.78, 5) is 0. The molecule has 0 aliphatic carbocycles. The SMILES string of the molecule is N/C(=N\O)C(c1ccccc1)(c1ccc(F)cc1)c1ccc(F)cc1. The lowest BCUT2D eigenvalue weighted by Crippen LogP contribution is -2.43. The highest BCUT2D eigenvalue weighted by Gasteiger charge is 2.41. The first-order valence-electron chi connectivity index (χ1n) is 7.64. The van der Waals surface area contributed by atoms with Crippen molar-refractivity contribution in [3.8, 4) is 0 Å². The zero-order chi connectivity index (χ0) is 17.9. The van der Waals surface area contributed by atoms with Gasteiger partial charge in [-0.2, -0.15) is 0 Å². The standard InChI is InChI=1S/C20H16F2N2O/c21-17-10-6-15(7-11-17)20(19(23)24-25,14-4-2-1-3-5-14)16-8-12-18(22)13-9-16/h1-13,25H,(H2,23,24). The summed E-state index contributed by atoms with van der Waals surface area (Å²) in [7, 11) is 0. The average molecular weight is 338 g/mol. The number of benzene rings is 3. The molecule has 0 saturated heterocycles. The normalized spacial score (nSPS) is 12.2. The van der Waals surface area contributed by atoms with Gasteiger partial charge in [0.25, 0.3) is 0 Å². The molecule has 0 aromatic heterocycles. The van der Waals surface area contributed by atoms with Crippen molar-refractivity contribution in [1.29, 1.82) is 0 Å². The summed E-state index contributed by atoms with van der Waals surface area (Å²) in [6.45, 7) is 0. The molecule has 0 spiro atoms. The number of nitrogens with two attached hydrogens (primary N) is 1. The lowest BCUT2D eigenvalue weighted by molar-refractivity contribution is 0.314. The van der Waals surface area contributed by atoms with E-state index in [2.05, 4.69) is 5.16 Å². The number of hydrogen-bond donors (Lipinski definition) is 2. The van der Waals surface area contributed by atoms with Crippen LogP contribution in [0.5, 0.6) is 0 Å². The Morgan fingerprint density at radius 3 is 1.52 bits per heavy atom. The number of amidine groups is 1. The fourth-order valence-corrected chi connectivity index (χ4v) is 3.11. The lowest BCUT2D eigenvalue weighted by Gasteiger charge is -2.34. The van der Waals surface area contributed by atoms with Crippen LogP contribution in [0.2, 0.25) is 0 Å². The maximum atomic E-state index is 13.5. The predicted octanol–water partition coefficient (Wildman–Crippen LogP) is 4.05. The van der Waals surface area contributed by atoms with Crippen LogP contribution in [-0.2, 0) is 5.41 Å². The average Bonchev–Trinajstić information content (AvgIpc) is 2.65. The zero-order valence-electron chi connectivity index (χ0n) is 13.2. The summed E-state index contributed by atoms with van der Waals surface area (Å²) in [5, 5.41) is 12.7. The van der Waals surface area contributed by atoms with Crippen molar-refractivity contribution >= 4 is 5.84 Å². The molecule has 3 N–H and O–H groups in total. The summed E-state index contributed by atoms with van der Waals surface area (Å²) in [5.41, 5.74) is 6.86. The van der Waals surface area contributed by atoms with Crippen molar-refractivity contribution in [3.05, 3.63) is 107 Å². The number of hydrogen-bond acceptors (Lipinski definition) is 2. The highest BCUT2D eigenvalue weighted by molar-refractivity contribution is 5.98. The molecule has 0 fully saturated rings. The molecule has 5 heteroatoms. The second-order valence-corrected chi connectivity index (χ2v) is 5.62. The molecule has 0 saturated carbocycles. The van der Waals surface area contributed by atoms with E-state index in [-0.39, 0.29) is 5.84 Å². The molecular weight excluding hydrogens is 322 g/mol. The van der Waals surface area contributed by atoms with E-state index in [4.69, 9.17) is 5.73 Å². The van der Waals surface area contributed by atoms with E-state index < -0.39 is 17.0 Å². The molecule has 3 aromatic carbocycles. The van der Waals surface area contributed by atoms with Crippen molar-refractivity contribution < 1.29 is 14.0 Å². The van der Waals surface area contributed by atoms with E-state index in [0.29, 0.717) is 16.7 Å².